The molecule has 0 saturated heterocycles. The monoisotopic (exact) mass is 241 g/mol. The van der Waals surface area contributed by atoms with E-state index in [4.69, 9.17) is 11.6 Å². The molecule has 0 N–H and O–H groups in total. The van der Waals surface area contributed by atoms with E-state index in [1.165, 1.54) is 6.92 Å². The van der Waals surface area contributed by atoms with Gasteiger partial charge < -0.3 is 4.79 Å². The van der Waals surface area contributed by atoms with Crippen LogP contribution >= 0.6 is 11.6 Å². The largest absolute Gasteiger partial charge is 0.300 e. The first-order chi connectivity index (χ1) is 7.50. The maximum absolute atomic E-state index is 11.1. The molecule has 0 bridgehead atoms. The van der Waals surface area contributed by atoms with E-state index in [1.54, 1.807) is 24.3 Å². The number of benzene rings is 1. The van der Waals surface area contributed by atoms with Crippen LogP contribution in [0.5, 0.6) is 0 Å². The Kier molecular flexibility index (Phi) is 4.43. The molecule has 0 aliphatic carbocycles. The minimum atomic E-state index is -0.443. The van der Waals surface area contributed by atoms with Gasteiger partial charge in [-0.25, -0.2) is 0 Å². The molecular formula is C11H12ClNO3. The van der Waals surface area contributed by atoms with E-state index in [0.717, 1.165) is 0 Å². The molecule has 0 spiro atoms. The molecule has 0 aromatic heterocycles. The Hall–Kier alpha value is -1.42. The van der Waals surface area contributed by atoms with Gasteiger partial charge in [0.05, 0.1) is 5.92 Å². The quantitative estimate of drug-likeness (QED) is 0.588. The van der Waals surface area contributed by atoms with Crippen LogP contribution in [0.15, 0.2) is 24.3 Å². The number of carbonyl (C=O) groups excluding carboxylic acids is 1. The Morgan fingerprint density at radius 3 is 2.62 bits per heavy atom. The van der Waals surface area contributed by atoms with Crippen molar-refractivity contribution in [3.8, 4) is 0 Å². The van der Waals surface area contributed by atoms with E-state index >= 15 is 0 Å². The lowest BCUT2D eigenvalue weighted by Crippen LogP contribution is -2.15. The maximum atomic E-state index is 11.1. The first-order valence-electron chi connectivity index (χ1n) is 4.86. The average molecular weight is 242 g/mol. The molecule has 0 fully saturated rings. The first kappa shape index (κ1) is 12.6. The van der Waals surface area contributed by atoms with Crippen LogP contribution < -0.4 is 0 Å². The van der Waals surface area contributed by atoms with Crippen LogP contribution in [0.25, 0.3) is 0 Å². The Morgan fingerprint density at radius 1 is 1.50 bits per heavy atom. The van der Waals surface area contributed by atoms with Gasteiger partial charge in [-0.2, -0.15) is 0 Å². The van der Waals surface area contributed by atoms with Crippen molar-refractivity contribution in [2.24, 2.45) is 0 Å². The number of hydrogen-bond acceptors (Lipinski definition) is 3. The number of rotatable bonds is 5. The van der Waals surface area contributed by atoms with Crippen molar-refractivity contribution in [2.75, 3.05) is 6.54 Å². The number of nitro groups is 1. The van der Waals surface area contributed by atoms with Gasteiger partial charge in [0.1, 0.15) is 5.78 Å². The summed E-state index contributed by atoms with van der Waals surface area (Å²) in [7, 11) is 0. The average Bonchev–Trinajstić information content (AvgIpc) is 2.15. The molecule has 0 amide bonds. The third-order valence-corrected chi connectivity index (χ3v) is 2.59. The Labute approximate surface area is 98.4 Å². The highest BCUT2D eigenvalue weighted by Crippen LogP contribution is 2.27. The van der Waals surface area contributed by atoms with Crippen molar-refractivity contribution in [2.45, 2.75) is 19.3 Å². The lowest BCUT2D eigenvalue weighted by atomic mass is 9.94. The van der Waals surface area contributed by atoms with Gasteiger partial charge in [-0.3, -0.25) is 10.1 Å². The number of Topliss-reactive ketones (excluding diaryl/α,β-unsaturated/α-hetero) is 1. The molecule has 1 unspecified atom stereocenters. The molecule has 1 atom stereocenters. The molecule has 16 heavy (non-hydrogen) atoms. The second kappa shape index (κ2) is 5.61. The zero-order chi connectivity index (χ0) is 12.1. The summed E-state index contributed by atoms with van der Waals surface area (Å²) < 4.78 is 0. The van der Waals surface area contributed by atoms with E-state index in [9.17, 15) is 14.9 Å². The van der Waals surface area contributed by atoms with Crippen LogP contribution in [-0.4, -0.2) is 17.3 Å². The maximum Gasteiger partial charge on any atom is 0.211 e. The predicted octanol–water partition coefficient (Wildman–Crippen LogP) is 2.68. The molecule has 0 saturated carbocycles. The molecule has 0 aliphatic rings. The molecule has 0 radical (unpaired) electrons. The predicted molar refractivity (Wildman–Crippen MR) is 61.4 cm³/mol. The Balaban J connectivity index is 2.96. The van der Waals surface area contributed by atoms with Crippen LogP contribution in [0.4, 0.5) is 0 Å². The molecule has 1 aromatic rings. The van der Waals surface area contributed by atoms with Crippen molar-refractivity contribution in [1.82, 2.24) is 0 Å². The van der Waals surface area contributed by atoms with Gasteiger partial charge in [0.15, 0.2) is 0 Å². The van der Waals surface area contributed by atoms with E-state index < -0.39 is 10.8 Å². The van der Waals surface area contributed by atoms with Crippen molar-refractivity contribution in [3.05, 3.63) is 45.0 Å². The lowest BCUT2D eigenvalue weighted by Gasteiger charge is -2.12. The number of halogens is 1. The lowest BCUT2D eigenvalue weighted by molar-refractivity contribution is -0.483. The van der Waals surface area contributed by atoms with Gasteiger partial charge in [0.2, 0.25) is 6.54 Å². The summed E-state index contributed by atoms with van der Waals surface area (Å²) in [5.74, 6) is -0.520. The van der Waals surface area contributed by atoms with E-state index in [-0.39, 0.29) is 18.7 Å². The van der Waals surface area contributed by atoms with E-state index in [2.05, 4.69) is 0 Å². The third kappa shape index (κ3) is 3.62. The van der Waals surface area contributed by atoms with Crippen LogP contribution in [-0.2, 0) is 4.79 Å². The zero-order valence-electron chi connectivity index (χ0n) is 8.85. The van der Waals surface area contributed by atoms with Gasteiger partial charge in [0.25, 0.3) is 0 Å². The molecule has 86 valence electrons. The van der Waals surface area contributed by atoms with E-state index in [0.29, 0.717) is 10.6 Å². The summed E-state index contributed by atoms with van der Waals surface area (Å²) in [6.45, 7) is 1.15. The summed E-state index contributed by atoms with van der Waals surface area (Å²) >= 11 is 5.95. The molecule has 1 aromatic carbocycles. The summed E-state index contributed by atoms with van der Waals surface area (Å²) in [6.07, 6.45) is 0.144. The van der Waals surface area contributed by atoms with Crippen LogP contribution in [0.2, 0.25) is 5.02 Å². The second-order valence-corrected chi connectivity index (χ2v) is 4.05. The molecular weight excluding hydrogens is 230 g/mol. The highest BCUT2D eigenvalue weighted by molar-refractivity contribution is 6.31. The molecule has 0 heterocycles. The summed E-state index contributed by atoms with van der Waals surface area (Å²) in [5.41, 5.74) is 0.663. The van der Waals surface area contributed by atoms with E-state index in [1.807, 2.05) is 0 Å². The van der Waals surface area contributed by atoms with Crippen LogP contribution in [0.1, 0.15) is 24.8 Å². The van der Waals surface area contributed by atoms with Gasteiger partial charge in [-0.15, -0.1) is 0 Å². The fourth-order valence-corrected chi connectivity index (χ4v) is 1.90. The number of nitrogens with zero attached hydrogens (tertiary/aromatic N) is 1. The van der Waals surface area contributed by atoms with Gasteiger partial charge in [0, 0.05) is 16.4 Å². The minimum Gasteiger partial charge on any atom is -0.300 e. The molecule has 5 heteroatoms. The fraction of sp³-hybridized carbons (Fsp3) is 0.364. The zero-order valence-corrected chi connectivity index (χ0v) is 9.61. The summed E-state index contributed by atoms with van der Waals surface area (Å²) in [4.78, 5) is 21.2. The summed E-state index contributed by atoms with van der Waals surface area (Å²) in [6, 6.07) is 6.90. The topological polar surface area (TPSA) is 60.2 Å². The molecule has 0 aliphatic heterocycles. The van der Waals surface area contributed by atoms with Crippen molar-refractivity contribution >= 4 is 17.4 Å². The third-order valence-electron chi connectivity index (χ3n) is 2.25. The van der Waals surface area contributed by atoms with Crippen LogP contribution in [0.3, 0.4) is 0 Å². The SMILES string of the molecule is CC(=O)CC(C[N+](=O)[O-])c1ccccc1Cl. The van der Waals surface area contributed by atoms with Gasteiger partial charge in [-0.1, -0.05) is 29.8 Å². The highest BCUT2D eigenvalue weighted by atomic mass is 35.5. The number of hydrogen-bond donors (Lipinski definition) is 0. The fourth-order valence-electron chi connectivity index (χ4n) is 1.61. The van der Waals surface area contributed by atoms with Crippen LogP contribution in [0, 0.1) is 10.1 Å². The normalized spacial score (nSPS) is 12.1. The second-order valence-electron chi connectivity index (χ2n) is 3.64. The van der Waals surface area contributed by atoms with Gasteiger partial charge in [-0.05, 0) is 18.6 Å². The standard InChI is InChI=1S/C11H12ClNO3/c1-8(14)6-9(7-13(15)16)10-4-2-3-5-11(10)12/h2-5,9H,6-7H2,1H3. The van der Waals surface area contributed by atoms with Crippen molar-refractivity contribution in [1.29, 1.82) is 0 Å². The van der Waals surface area contributed by atoms with Gasteiger partial charge >= 0.3 is 0 Å². The molecule has 4 nitrogen and oxygen atoms in total. The Bertz CT molecular complexity index is 390. The minimum absolute atomic E-state index is 0.0771. The molecule has 1 rings (SSSR count). The van der Waals surface area contributed by atoms with Crippen molar-refractivity contribution < 1.29 is 9.72 Å². The summed E-state index contributed by atoms with van der Waals surface area (Å²) in [5, 5.41) is 11.0. The number of carbonyl (C=O) groups is 1. The number of ketones is 1. The Morgan fingerprint density at radius 2 is 2.12 bits per heavy atom. The smallest absolute Gasteiger partial charge is 0.211 e. The van der Waals surface area contributed by atoms with Crippen molar-refractivity contribution in [3.63, 3.8) is 0 Å². The highest BCUT2D eigenvalue weighted by Gasteiger charge is 2.21. The first-order valence-corrected chi connectivity index (χ1v) is 5.24.